The number of aryl methyl sites for hydroxylation is 1. The minimum Gasteiger partial charge on any atom is -0.343 e. The van der Waals surface area contributed by atoms with Gasteiger partial charge in [0, 0.05) is 6.66 Å². The van der Waals surface area contributed by atoms with Crippen molar-refractivity contribution in [2.75, 3.05) is 6.66 Å². The summed E-state index contributed by atoms with van der Waals surface area (Å²) in [7, 11) is -3.65. The van der Waals surface area contributed by atoms with Gasteiger partial charge in [0.25, 0.3) is 11.8 Å². The smallest absolute Gasteiger partial charge is 0.262 e. The number of carbonyl (C=O) groups excluding carboxylic acids is 2. The second kappa shape index (κ2) is 5.04. The maximum atomic E-state index is 12.8. The van der Waals surface area contributed by atoms with Crippen LogP contribution in [0.3, 0.4) is 0 Å². The number of imide groups is 1. The normalized spacial score (nSPS) is 23.3. The quantitative estimate of drug-likeness (QED) is 0.671. The number of hydrogen-bond acceptors (Lipinski definition) is 3. The number of hydrogen-bond donors (Lipinski definition) is 1. The predicted molar refractivity (Wildman–Crippen MR) is 83.2 cm³/mol. The van der Waals surface area contributed by atoms with Crippen LogP contribution in [0.5, 0.6) is 0 Å². The van der Waals surface area contributed by atoms with E-state index in [0.717, 1.165) is 29.7 Å². The molecule has 1 fully saturated rings. The van der Waals surface area contributed by atoms with Gasteiger partial charge in [-0.15, -0.1) is 0 Å². The van der Waals surface area contributed by atoms with E-state index < -0.39 is 24.5 Å². The third-order valence-corrected chi connectivity index (χ3v) is 7.08. The molecule has 1 saturated carbocycles. The molecule has 2 aliphatic rings. The number of rotatable bonds is 2. The van der Waals surface area contributed by atoms with Crippen molar-refractivity contribution in [3.63, 3.8) is 0 Å². The molecule has 0 radical (unpaired) electrons. The molecule has 0 bridgehead atoms. The van der Waals surface area contributed by atoms with Crippen molar-refractivity contribution in [1.82, 2.24) is 4.90 Å². The van der Waals surface area contributed by atoms with Crippen molar-refractivity contribution in [3.8, 4) is 0 Å². The van der Waals surface area contributed by atoms with Gasteiger partial charge in [-0.05, 0) is 31.9 Å². The Labute approximate surface area is 129 Å². The Kier molecular flexibility index (Phi) is 3.54. The minimum atomic E-state index is -3.65. The molecule has 1 aliphatic heterocycles. The summed E-state index contributed by atoms with van der Waals surface area (Å²) in [5, 5.41) is -1.24. The van der Waals surface area contributed by atoms with Gasteiger partial charge in [-0.25, -0.2) is 0 Å². The van der Waals surface area contributed by atoms with E-state index >= 15 is 0 Å². The Balaban J connectivity index is 2.13. The minimum absolute atomic E-state index is 0.342. The van der Waals surface area contributed by atoms with Gasteiger partial charge < -0.3 is 4.89 Å². The molecule has 22 heavy (non-hydrogen) atoms. The maximum absolute atomic E-state index is 12.8. The van der Waals surface area contributed by atoms with Crippen molar-refractivity contribution in [3.05, 3.63) is 34.9 Å². The van der Waals surface area contributed by atoms with Crippen molar-refractivity contribution in [2.45, 2.75) is 44.3 Å². The fraction of sp³-hybridized carbons (Fsp3) is 0.500. The molecule has 5 nitrogen and oxygen atoms in total. The summed E-state index contributed by atoms with van der Waals surface area (Å²) in [4.78, 5) is 37.0. The number of benzene rings is 1. The van der Waals surface area contributed by atoms with Gasteiger partial charge in [0.2, 0.25) is 7.37 Å². The molecule has 0 aromatic heterocycles. The molecule has 2 amide bonds. The van der Waals surface area contributed by atoms with Gasteiger partial charge in [0.1, 0.15) is 5.28 Å². The van der Waals surface area contributed by atoms with Gasteiger partial charge in [-0.2, -0.15) is 0 Å². The first-order chi connectivity index (χ1) is 10.3. The standard InChI is InChI=1S/C16H20NO4P/c1-11-6-7-12-13(10-11)15(19)17(14(12)18)16(22(2,20)21)8-4-3-5-9-16/h6-7,10H,3-5,8-9H2,1-2H3,(H,20,21). The molecule has 0 saturated heterocycles. The Morgan fingerprint density at radius 3 is 2.27 bits per heavy atom. The summed E-state index contributed by atoms with van der Waals surface area (Å²) in [6.45, 7) is 3.13. The highest BCUT2D eigenvalue weighted by Crippen LogP contribution is 2.61. The highest BCUT2D eigenvalue weighted by molar-refractivity contribution is 7.58. The zero-order valence-corrected chi connectivity index (χ0v) is 13.7. The van der Waals surface area contributed by atoms with Crippen LogP contribution in [0.1, 0.15) is 58.4 Å². The summed E-state index contributed by atoms with van der Waals surface area (Å²) in [6.07, 6.45) is 3.28. The molecule has 1 heterocycles. The van der Waals surface area contributed by atoms with Crippen LogP contribution in [0, 0.1) is 6.92 Å². The van der Waals surface area contributed by atoms with Crippen LogP contribution in [-0.4, -0.2) is 33.6 Å². The first kappa shape index (κ1) is 15.4. The van der Waals surface area contributed by atoms with Gasteiger partial charge >= 0.3 is 0 Å². The van der Waals surface area contributed by atoms with Crippen LogP contribution in [0.25, 0.3) is 0 Å². The summed E-state index contributed by atoms with van der Waals surface area (Å²) in [5.74, 6) is -0.861. The lowest BCUT2D eigenvalue weighted by Crippen LogP contribution is -2.52. The van der Waals surface area contributed by atoms with E-state index in [1.54, 1.807) is 18.2 Å². The van der Waals surface area contributed by atoms with E-state index in [2.05, 4.69) is 0 Å². The molecule has 1 atom stereocenters. The third-order valence-electron chi connectivity index (χ3n) is 4.88. The second-order valence-corrected chi connectivity index (χ2v) is 9.01. The topological polar surface area (TPSA) is 74.7 Å². The van der Waals surface area contributed by atoms with Crippen molar-refractivity contribution < 1.29 is 19.0 Å². The van der Waals surface area contributed by atoms with Crippen molar-refractivity contribution in [1.29, 1.82) is 0 Å². The molecule has 1 aromatic rings. The molecule has 6 heteroatoms. The first-order valence-corrected chi connectivity index (χ1v) is 9.68. The Morgan fingerprint density at radius 1 is 1.09 bits per heavy atom. The second-order valence-electron chi connectivity index (χ2n) is 6.42. The molecule has 118 valence electrons. The van der Waals surface area contributed by atoms with E-state index in [1.807, 2.05) is 6.92 Å². The zero-order valence-electron chi connectivity index (χ0n) is 12.8. The van der Waals surface area contributed by atoms with Crippen LogP contribution >= 0.6 is 7.37 Å². The monoisotopic (exact) mass is 321 g/mol. The van der Waals surface area contributed by atoms with Crippen LogP contribution in [0.4, 0.5) is 0 Å². The summed E-state index contributed by atoms with van der Waals surface area (Å²) >= 11 is 0. The average molecular weight is 321 g/mol. The molecule has 1 unspecified atom stereocenters. The molecular formula is C16H20NO4P. The maximum Gasteiger partial charge on any atom is 0.262 e. The van der Waals surface area contributed by atoms with Crippen molar-refractivity contribution >= 4 is 19.2 Å². The zero-order chi connectivity index (χ0) is 16.1. The third kappa shape index (κ3) is 2.07. The number of amides is 2. The van der Waals surface area contributed by atoms with E-state index in [-0.39, 0.29) is 0 Å². The van der Waals surface area contributed by atoms with Gasteiger partial charge in [-0.1, -0.05) is 30.9 Å². The molecule has 1 aromatic carbocycles. The Morgan fingerprint density at radius 2 is 1.68 bits per heavy atom. The predicted octanol–water partition coefficient (Wildman–Crippen LogP) is 3.15. The lowest BCUT2D eigenvalue weighted by molar-refractivity contribution is 0.0468. The lowest BCUT2D eigenvalue weighted by atomic mass is 9.93. The van der Waals surface area contributed by atoms with Gasteiger partial charge in [0.15, 0.2) is 0 Å². The van der Waals surface area contributed by atoms with Crippen LogP contribution in [0.15, 0.2) is 18.2 Å². The van der Waals surface area contributed by atoms with Gasteiger partial charge in [0.05, 0.1) is 11.1 Å². The molecule has 1 N–H and O–H groups in total. The SMILES string of the molecule is Cc1ccc2c(c1)C(=O)N(C1(P(C)(=O)O)CCCCC1)C2=O. The Bertz CT molecular complexity index is 700. The molecule has 1 aliphatic carbocycles. The number of carbonyl (C=O) groups is 2. The average Bonchev–Trinajstić information content (AvgIpc) is 2.70. The first-order valence-electron chi connectivity index (χ1n) is 7.58. The van der Waals surface area contributed by atoms with E-state index in [0.29, 0.717) is 24.0 Å². The number of nitrogens with zero attached hydrogens (tertiary/aromatic N) is 1. The van der Waals surface area contributed by atoms with Crippen LogP contribution < -0.4 is 0 Å². The summed E-state index contributed by atoms with van der Waals surface area (Å²) in [6, 6.07) is 5.11. The van der Waals surface area contributed by atoms with Crippen molar-refractivity contribution in [2.24, 2.45) is 0 Å². The van der Waals surface area contributed by atoms with E-state index in [4.69, 9.17) is 0 Å². The molecular weight excluding hydrogens is 301 g/mol. The van der Waals surface area contributed by atoms with Gasteiger partial charge in [-0.3, -0.25) is 19.1 Å². The van der Waals surface area contributed by atoms with Crippen LogP contribution in [0.2, 0.25) is 0 Å². The highest BCUT2D eigenvalue weighted by Gasteiger charge is 2.56. The molecule has 0 spiro atoms. The van der Waals surface area contributed by atoms with Crippen LogP contribution in [-0.2, 0) is 4.57 Å². The largest absolute Gasteiger partial charge is 0.343 e. The summed E-state index contributed by atoms with van der Waals surface area (Å²) in [5.41, 5.74) is 1.58. The number of fused-ring (bicyclic) bond motifs is 1. The fourth-order valence-electron chi connectivity index (χ4n) is 3.67. The Hall–Kier alpha value is -1.45. The lowest BCUT2D eigenvalue weighted by Gasteiger charge is -2.44. The summed E-state index contributed by atoms with van der Waals surface area (Å²) < 4.78 is 12.6. The van der Waals surface area contributed by atoms with E-state index in [9.17, 15) is 19.0 Å². The fourth-order valence-corrected chi connectivity index (χ4v) is 5.37. The highest BCUT2D eigenvalue weighted by atomic mass is 31.2. The van der Waals surface area contributed by atoms with E-state index in [1.165, 1.54) is 6.66 Å². The molecule has 3 rings (SSSR count).